The second-order valence-electron chi connectivity index (χ2n) is 7.58. The first-order chi connectivity index (χ1) is 10.7. The van der Waals surface area contributed by atoms with Gasteiger partial charge in [-0.1, -0.05) is 24.3 Å². The van der Waals surface area contributed by atoms with Crippen LogP contribution in [-0.4, -0.2) is 29.5 Å². The standard InChI is InChI=1S/C17H24BNO4/c1-15(2)16(3,4)23-18(22-15)13-8-6-12(7-9-13)17(10-5-11-17)19-14(20)21/h6-9,19H,5,10-11H2,1-4H3,(H,20,21). The summed E-state index contributed by atoms with van der Waals surface area (Å²) < 4.78 is 12.1. The van der Waals surface area contributed by atoms with Crippen molar-refractivity contribution in [2.24, 2.45) is 0 Å². The van der Waals surface area contributed by atoms with Crippen molar-refractivity contribution in [2.45, 2.75) is 63.7 Å². The summed E-state index contributed by atoms with van der Waals surface area (Å²) in [5.41, 5.74) is 0.802. The van der Waals surface area contributed by atoms with Crippen LogP contribution in [0.4, 0.5) is 4.79 Å². The van der Waals surface area contributed by atoms with Crippen LogP contribution in [0.1, 0.15) is 52.5 Å². The number of carbonyl (C=O) groups is 1. The lowest BCUT2D eigenvalue weighted by Crippen LogP contribution is -2.50. The Hall–Kier alpha value is -1.53. The van der Waals surface area contributed by atoms with Gasteiger partial charge in [-0.2, -0.15) is 0 Å². The smallest absolute Gasteiger partial charge is 0.465 e. The van der Waals surface area contributed by atoms with Crippen molar-refractivity contribution in [1.29, 1.82) is 0 Å². The summed E-state index contributed by atoms with van der Waals surface area (Å²) in [5.74, 6) is 0. The van der Waals surface area contributed by atoms with E-state index >= 15 is 0 Å². The molecule has 2 fully saturated rings. The second-order valence-corrected chi connectivity index (χ2v) is 7.58. The first-order valence-electron chi connectivity index (χ1n) is 8.12. The molecule has 124 valence electrons. The fourth-order valence-electron chi connectivity index (χ4n) is 3.16. The number of carboxylic acid groups (broad SMARTS) is 1. The third-order valence-electron chi connectivity index (χ3n) is 5.54. The van der Waals surface area contributed by atoms with E-state index in [1.807, 2.05) is 52.0 Å². The molecule has 0 spiro atoms. The highest BCUT2D eigenvalue weighted by Crippen LogP contribution is 2.41. The fourth-order valence-corrected chi connectivity index (χ4v) is 3.16. The molecule has 1 aliphatic carbocycles. The zero-order valence-electron chi connectivity index (χ0n) is 14.2. The molecule has 1 heterocycles. The maximum Gasteiger partial charge on any atom is 0.494 e. The molecule has 0 bridgehead atoms. The van der Waals surface area contributed by atoms with Gasteiger partial charge in [0.25, 0.3) is 0 Å². The zero-order valence-corrected chi connectivity index (χ0v) is 14.2. The largest absolute Gasteiger partial charge is 0.494 e. The van der Waals surface area contributed by atoms with E-state index in [0.29, 0.717) is 0 Å². The Labute approximate surface area is 137 Å². The molecule has 0 radical (unpaired) electrons. The number of hydrogen-bond acceptors (Lipinski definition) is 3. The van der Waals surface area contributed by atoms with E-state index in [4.69, 9.17) is 14.4 Å². The Morgan fingerprint density at radius 3 is 2.00 bits per heavy atom. The summed E-state index contributed by atoms with van der Waals surface area (Å²) in [4.78, 5) is 11.0. The van der Waals surface area contributed by atoms with Gasteiger partial charge in [0, 0.05) is 0 Å². The van der Waals surface area contributed by atoms with E-state index < -0.39 is 11.6 Å². The lowest BCUT2D eigenvalue weighted by Gasteiger charge is -2.42. The lowest BCUT2D eigenvalue weighted by atomic mass is 9.70. The molecule has 3 rings (SSSR count). The van der Waals surface area contributed by atoms with Crippen LogP contribution < -0.4 is 10.8 Å². The minimum atomic E-state index is -0.972. The molecule has 2 N–H and O–H groups in total. The Bertz CT molecular complexity index is 592. The minimum Gasteiger partial charge on any atom is -0.465 e. The summed E-state index contributed by atoms with van der Waals surface area (Å²) in [6.07, 6.45) is 1.75. The summed E-state index contributed by atoms with van der Waals surface area (Å²) in [7, 11) is -0.390. The van der Waals surface area contributed by atoms with Gasteiger partial charge in [0.2, 0.25) is 0 Å². The number of rotatable bonds is 3. The van der Waals surface area contributed by atoms with Crippen LogP contribution in [0.25, 0.3) is 0 Å². The third kappa shape index (κ3) is 2.74. The highest BCUT2D eigenvalue weighted by molar-refractivity contribution is 6.62. The van der Waals surface area contributed by atoms with Crippen LogP contribution in [0.5, 0.6) is 0 Å². The molecular formula is C17H24BNO4. The molecule has 1 aromatic rings. The summed E-state index contributed by atoms with van der Waals surface area (Å²) in [5, 5.41) is 11.7. The molecule has 6 heteroatoms. The molecule has 0 atom stereocenters. The highest BCUT2D eigenvalue weighted by atomic mass is 16.7. The van der Waals surface area contributed by atoms with Crippen molar-refractivity contribution < 1.29 is 19.2 Å². The SMILES string of the molecule is CC1(C)OB(c2ccc(C3(NC(=O)O)CCC3)cc2)OC1(C)C. The summed E-state index contributed by atoms with van der Waals surface area (Å²) in [6, 6.07) is 7.91. The van der Waals surface area contributed by atoms with E-state index in [0.717, 1.165) is 30.3 Å². The predicted molar refractivity (Wildman–Crippen MR) is 88.8 cm³/mol. The average Bonchev–Trinajstić information content (AvgIpc) is 2.63. The van der Waals surface area contributed by atoms with Crippen LogP contribution in [0.2, 0.25) is 0 Å². The molecule has 1 aromatic carbocycles. The van der Waals surface area contributed by atoms with Crippen LogP contribution in [-0.2, 0) is 14.8 Å². The Balaban J connectivity index is 1.79. The van der Waals surface area contributed by atoms with Crippen LogP contribution in [0, 0.1) is 0 Å². The van der Waals surface area contributed by atoms with Gasteiger partial charge in [-0.15, -0.1) is 0 Å². The van der Waals surface area contributed by atoms with Crippen molar-refractivity contribution in [3.63, 3.8) is 0 Å². The molecule has 2 aliphatic rings. The lowest BCUT2D eigenvalue weighted by molar-refractivity contribution is 0.00578. The maximum atomic E-state index is 11.0. The number of benzene rings is 1. The monoisotopic (exact) mass is 317 g/mol. The highest BCUT2D eigenvalue weighted by Gasteiger charge is 2.51. The van der Waals surface area contributed by atoms with Gasteiger partial charge in [-0.05, 0) is 58.0 Å². The first-order valence-corrected chi connectivity index (χ1v) is 8.12. The zero-order chi connectivity index (χ0) is 16.9. The van der Waals surface area contributed by atoms with Crippen molar-refractivity contribution in [1.82, 2.24) is 5.32 Å². The van der Waals surface area contributed by atoms with E-state index in [1.165, 1.54) is 0 Å². The molecule has 23 heavy (non-hydrogen) atoms. The molecule has 0 aromatic heterocycles. The van der Waals surface area contributed by atoms with E-state index in [9.17, 15) is 4.79 Å². The molecule has 1 saturated carbocycles. The first kappa shape index (κ1) is 16.3. The quantitative estimate of drug-likeness (QED) is 0.841. The van der Waals surface area contributed by atoms with Crippen molar-refractivity contribution in [3.8, 4) is 0 Å². The Morgan fingerprint density at radius 1 is 1.09 bits per heavy atom. The number of hydrogen-bond donors (Lipinski definition) is 2. The van der Waals surface area contributed by atoms with Crippen LogP contribution >= 0.6 is 0 Å². The number of amides is 1. The molecule has 5 nitrogen and oxygen atoms in total. The summed E-state index contributed by atoms with van der Waals surface area (Å²) >= 11 is 0. The normalized spacial score (nSPS) is 24.1. The van der Waals surface area contributed by atoms with E-state index in [2.05, 4.69) is 5.32 Å². The van der Waals surface area contributed by atoms with Gasteiger partial charge in [-0.3, -0.25) is 0 Å². The van der Waals surface area contributed by atoms with Gasteiger partial charge in [0.05, 0.1) is 16.7 Å². The molecule has 0 unspecified atom stereocenters. The van der Waals surface area contributed by atoms with Gasteiger partial charge in [0.15, 0.2) is 0 Å². The fraction of sp³-hybridized carbons (Fsp3) is 0.588. The van der Waals surface area contributed by atoms with Crippen LogP contribution in [0.3, 0.4) is 0 Å². The molecule has 1 aliphatic heterocycles. The summed E-state index contributed by atoms with van der Waals surface area (Å²) in [6.45, 7) is 8.12. The van der Waals surface area contributed by atoms with Crippen molar-refractivity contribution >= 4 is 18.7 Å². The Morgan fingerprint density at radius 2 is 1.61 bits per heavy atom. The van der Waals surface area contributed by atoms with E-state index in [1.54, 1.807) is 0 Å². The maximum absolute atomic E-state index is 11.0. The molecule has 1 saturated heterocycles. The van der Waals surface area contributed by atoms with Gasteiger partial charge in [0.1, 0.15) is 0 Å². The molecular weight excluding hydrogens is 293 g/mol. The Kier molecular flexibility index (Phi) is 3.73. The van der Waals surface area contributed by atoms with Crippen molar-refractivity contribution in [3.05, 3.63) is 29.8 Å². The second kappa shape index (κ2) is 5.25. The molecule has 1 amide bonds. The van der Waals surface area contributed by atoms with Gasteiger partial charge < -0.3 is 19.7 Å². The van der Waals surface area contributed by atoms with E-state index in [-0.39, 0.29) is 18.3 Å². The topological polar surface area (TPSA) is 67.8 Å². The van der Waals surface area contributed by atoms with Crippen molar-refractivity contribution in [2.75, 3.05) is 0 Å². The van der Waals surface area contributed by atoms with Gasteiger partial charge >= 0.3 is 13.2 Å². The van der Waals surface area contributed by atoms with Crippen LogP contribution in [0.15, 0.2) is 24.3 Å². The predicted octanol–water partition coefficient (Wildman–Crippen LogP) is 2.63. The third-order valence-corrected chi connectivity index (χ3v) is 5.54. The average molecular weight is 317 g/mol. The van der Waals surface area contributed by atoms with Gasteiger partial charge in [-0.25, -0.2) is 4.79 Å². The minimum absolute atomic E-state index is 0.365. The number of nitrogens with one attached hydrogen (secondary N) is 1.